The van der Waals surface area contributed by atoms with E-state index in [9.17, 15) is 93.7 Å². The molecule has 25 atom stereocenters. The number of hydrogen-bond acceptors (Lipinski definition) is 28. The number of aliphatic hydroxyl groups excluding tert-OH is 13. The van der Waals surface area contributed by atoms with Gasteiger partial charge in [-0.15, -0.1) is 0 Å². The van der Waals surface area contributed by atoms with Crippen molar-refractivity contribution in [3.63, 3.8) is 0 Å². The van der Waals surface area contributed by atoms with Crippen molar-refractivity contribution >= 4 is 28.1 Å². The molecule has 32 nitrogen and oxygen atoms in total. The van der Waals surface area contributed by atoms with E-state index in [0.29, 0.717) is 0 Å². The van der Waals surface area contributed by atoms with Gasteiger partial charge in [0, 0.05) is 20.8 Å². The summed E-state index contributed by atoms with van der Waals surface area (Å²) in [7, 11) is -5.26. The van der Waals surface area contributed by atoms with Crippen LogP contribution in [0.1, 0.15) is 20.8 Å². The maximum atomic E-state index is 12.6. The third-order valence-electron chi connectivity index (χ3n) is 11.7. The van der Waals surface area contributed by atoms with Gasteiger partial charge in [-0.2, -0.15) is 8.42 Å². The SMILES string of the molecule is CC(=O)N[C@H]1C(OC[C@H]2OC(O)[C@H](NC(C)=O)[C@@H](OC3O[C@H](CO)[C@@H](O)[C@H](OC4O[C@H](CO)[C@H](O)[C@H](O)[C@H]4O)[C@H]3NC(C)=O)[C@H]2O)O[C@H](COS(=O)(=O)O)[C@@H](OC2O[C@H](CO)[C@H](O)[C@H](O)[C@H]2O)[C@@H]1O. The van der Waals surface area contributed by atoms with Crippen LogP contribution in [-0.2, 0) is 71.6 Å². The number of carbonyl (C=O) groups excluding carboxylic acids is 3. The molecule has 0 saturated carbocycles. The van der Waals surface area contributed by atoms with E-state index in [1.807, 2.05) is 0 Å². The third-order valence-corrected chi connectivity index (χ3v) is 12.1. The Hall–Kier alpha value is -2.60. The zero-order chi connectivity index (χ0) is 51.4. The summed E-state index contributed by atoms with van der Waals surface area (Å²) >= 11 is 0. The van der Waals surface area contributed by atoms with Crippen LogP contribution in [0.2, 0.25) is 0 Å². The average molecular weight is 1030 g/mol. The number of ether oxygens (including phenoxy) is 9. The normalized spacial score (nSPS) is 45.3. The molecule has 0 aromatic carbocycles. The van der Waals surface area contributed by atoms with Crippen LogP contribution in [0.15, 0.2) is 0 Å². The molecule has 3 amide bonds. The number of rotatable bonds is 18. The second-order valence-electron chi connectivity index (χ2n) is 16.7. The number of amides is 3. The van der Waals surface area contributed by atoms with Gasteiger partial charge in [-0.25, -0.2) is 4.18 Å². The summed E-state index contributed by atoms with van der Waals surface area (Å²) in [6.45, 7) is -1.89. The molecule has 5 heterocycles. The molecule has 5 aliphatic heterocycles. The van der Waals surface area contributed by atoms with Gasteiger partial charge in [0.15, 0.2) is 31.5 Å². The first kappa shape index (κ1) is 57.3. The number of hydrogen-bond donors (Lipinski definition) is 17. The van der Waals surface area contributed by atoms with Crippen LogP contribution >= 0.6 is 0 Å². The highest BCUT2D eigenvalue weighted by Crippen LogP contribution is 2.35. The van der Waals surface area contributed by atoms with Gasteiger partial charge in [0.1, 0.15) is 122 Å². The van der Waals surface area contributed by atoms with Gasteiger partial charge < -0.3 is 125 Å². The van der Waals surface area contributed by atoms with Crippen LogP contribution < -0.4 is 16.0 Å². The minimum atomic E-state index is -5.26. The van der Waals surface area contributed by atoms with E-state index in [0.717, 1.165) is 20.8 Å². The summed E-state index contributed by atoms with van der Waals surface area (Å²) in [5, 5.41) is 145. The van der Waals surface area contributed by atoms with E-state index in [-0.39, 0.29) is 0 Å². The fourth-order valence-corrected chi connectivity index (χ4v) is 8.58. The lowest BCUT2D eigenvalue weighted by Gasteiger charge is -2.50. The van der Waals surface area contributed by atoms with Crippen LogP contribution in [0.25, 0.3) is 0 Å². The second kappa shape index (κ2) is 24.4. The average Bonchev–Trinajstić information content (AvgIpc) is 3.27. The first-order valence-corrected chi connectivity index (χ1v) is 22.6. The number of carbonyl (C=O) groups is 3. The van der Waals surface area contributed by atoms with Crippen molar-refractivity contribution in [3.05, 3.63) is 0 Å². The molecule has 0 bridgehead atoms. The van der Waals surface area contributed by atoms with E-state index < -0.39 is 214 Å². The lowest BCUT2D eigenvalue weighted by Crippen LogP contribution is -2.71. The Balaban J connectivity index is 1.42. The van der Waals surface area contributed by atoms with Gasteiger partial charge in [0.05, 0.1) is 33.0 Å². The van der Waals surface area contributed by atoms with Gasteiger partial charge >= 0.3 is 10.4 Å². The zero-order valence-corrected chi connectivity index (χ0v) is 37.6. The van der Waals surface area contributed by atoms with Crippen LogP contribution in [0, 0.1) is 0 Å². The summed E-state index contributed by atoms with van der Waals surface area (Å²) in [6, 6.07) is -5.19. The van der Waals surface area contributed by atoms with Crippen LogP contribution in [0.4, 0.5) is 0 Å². The number of aliphatic hydroxyl groups is 13. The first-order chi connectivity index (χ1) is 32.3. The summed E-state index contributed by atoms with van der Waals surface area (Å²) in [5.41, 5.74) is 0. The van der Waals surface area contributed by atoms with Crippen molar-refractivity contribution in [2.75, 3.05) is 33.0 Å². The molecule has 0 aromatic heterocycles. The van der Waals surface area contributed by atoms with E-state index in [4.69, 9.17) is 42.6 Å². The topological polar surface area (TPSA) is 497 Å². The molecule has 5 rings (SSSR count). The molecule has 5 fully saturated rings. The third kappa shape index (κ3) is 13.7. The molecule has 5 aliphatic rings. The largest absolute Gasteiger partial charge is 0.397 e. The fraction of sp³-hybridized carbons (Fsp3) is 0.917. The van der Waals surface area contributed by atoms with Crippen molar-refractivity contribution in [1.82, 2.24) is 16.0 Å². The Morgan fingerprint density at radius 3 is 1.35 bits per heavy atom. The summed E-state index contributed by atoms with van der Waals surface area (Å²) in [5.74, 6) is -2.51. The van der Waals surface area contributed by atoms with Gasteiger partial charge in [-0.1, -0.05) is 0 Å². The predicted molar refractivity (Wildman–Crippen MR) is 212 cm³/mol. The monoisotopic (exact) mass is 1030 g/mol. The molecular formula is C36H61N3O29S. The maximum absolute atomic E-state index is 12.6. The Morgan fingerprint density at radius 2 is 0.855 bits per heavy atom. The molecule has 400 valence electrons. The fourth-order valence-electron chi connectivity index (χ4n) is 8.28. The predicted octanol–water partition coefficient (Wildman–Crippen LogP) is -11.7. The van der Waals surface area contributed by atoms with Gasteiger partial charge in [0.25, 0.3) is 0 Å². The molecule has 0 aromatic rings. The van der Waals surface area contributed by atoms with Crippen molar-refractivity contribution in [3.8, 4) is 0 Å². The van der Waals surface area contributed by atoms with Crippen molar-refractivity contribution < 1.29 is 141 Å². The standard InChI is InChI=1S/C36H61N3O29S/c1-9(43)37-17-24(50)29(66-35-27(53)25(51)20(46)12(4-40)63-35)16(8-60-69(56,57)58)65-33(17)59-7-15-23(49)30(18(32(55)61-15)38-10(2)44)67-34-19(39-11(3)45)31(22(48)14(6-42)62-34)68-36-28(54)26(52)21(47)13(5-41)64-36/h12-36,40-42,46-55H,4-8H2,1-3H3,(H,37,43)(H,38,44)(H,39,45)(H,56,57,58)/t12-,13-,14-,15-,16-,17-,18-,19-,20+,21+,22-,23+,24-,25+,26+,27-,28-,29-,30-,31-,32?,33?,34?,35?,36?/m1/s1. The lowest BCUT2D eigenvalue weighted by atomic mass is 9.93. The Kier molecular flexibility index (Phi) is 20.3. The smallest absolute Gasteiger partial charge is 0.394 e. The van der Waals surface area contributed by atoms with E-state index in [1.54, 1.807) is 0 Å². The molecule has 33 heteroatoms. The Morgan fingerprint density at radius 1 is 0.449 bits per heavy atom. The first-order valence-electron chi connectivity index (χ1n) is 21.2. The number of nitrogens with one attached hydrogen (secondary N) is 3. The molecule has 69 heavy (non-hydrogen) atoms. The van der Waals surface area contributed by atoms with Crippen molar-refractivity contribution in [2.24, 2.45) is 0 Å². The summed E-state index contributed by atoms with van der Waals surface area (Å²) in [4.78, 5) is 37.4. The van der Waals surface area contributed by atoms with Gasteiger partial charge in [-0.05, 0) is 0 Å². The Bertz CT molecular complexity index is 1810. The summed E-state index contributed by atoms with van der Waals surface area (Å²) in [6.07, 6.45) is -41.8. The molecule has 0 spiro atoms. The highest BCUT2D eigenvalue weighted by Gasteiger charge is 2.56. The highest BCUT2D eigenvalue weighted by atomic mass is 32.3. The maximum Gasteiger partial charge on any atom is 0.397 e. The lowest BCUT2D eigenvalue weighted by molar-refractivity contribution is -0.360. The quantitative estimate of drug-likeness (QED) is 0.0567. The minimum Gasteiger partial charge on any atom is -0.394 e. The second-order valence-corrected chi connectivity index (χ2v) is 17.8. The minimum absolute atomic E-state index is 0.824. The zero-order valence-electron chi connectivity index (χ0n) is 36.8. The van der Waals surface area contributed by atoms with Crippen LogP contribution in [0.3, 0.4) is 0 Å². The molecule has 17 N–H and O–H groups in total. The summed E-state index contributed by atoms with van der Waals surface area (Å²) < 4.78 is 88.4. The van der Waals surface area contributed by atoms with E-state index >= 15 is 0 Å². The molecule has 0 aliphatic carbocycles. The van der Waals surface area contributed by atoms with Crippen LogP contribution in [-0.4, -0.2) is 283 Å². The molecule has 5 saturated heterocycles. The molecular weight excluding hydrogens is 970 g/mol. The van der Waals surface area contributed by atoms with Crippen LogP contribution in [0.5, 0.6) is 0 Å². The van der Waals surface area contributed by atoms with Crippen molar-refractivity contribution in [2.45, 2.75) is 174 Å². The highest BCUT2D eigenvalue weighted by molar-refractivity contribution is 7.80. The van der Waals surface area contributed by atoms with Crippen molar-refractivity contribution in [1.29, 1.82) is 0 Å². The molecule has 0 radical (unpaired) electrons. The van der Waals surface area contributed by atoms with E-state index in [1.165, 1.54) is 0 Å². The van der Waals surface area contributed by atoms with E-state index in [2.05, 4.69) is 20.1 Å². The van der Waals surface area contributed by atoms with Gasteiger partial charge in [0.2, 0.25) is 17.7 Å². The molecule has 5 unspecified atom stereocenters. The van der Waals surface area contributed by atoms with Gasteiger partial charge in [-0.3, -0.25) is 18.9 Å². The Labute approximate surface area is 391 Å².